The van der Waals surface area contributed by atoms with Crippen molar-refractivity contribution in [1.82, 2.24) is 10.4 Å². The summed E-state index contributed by atoms with van der Waals surface area (Å²) in [6.45, 7) is 0. The maximum Gasteiger partial charge on any atom is 0.142 e. The first-order chi connectivity index (χ1) is 8.27. The number of halogens is 1. The minimum Gasteiger partial charge on any atom is -0.495 e. The second-order valence-corrected chi connectivity index (χ2v) is 5.15. The molecule has 2 aromatic rings. The predicted octanol–water partition coefficient (Wildman–Crippen LogP) is 2.47. The standard InChI is InChI=1S/C11H12BrN3OS/c1-16-9-6-14-4-2-7(9)10(15-13)11-8(12)3-5-17-11/h2-6,10,15H,13H2,1H3. The quantitative estimate of drug-likeness (QED) is 0.672. The highest BCUT2D eigenvalue weighted by molar-refractivity contribution is 9.10. The lowest BCUT2D eigenvalue weighted by atomic mass is 10.1. The maximum absolute atomic E-state index is 5.65. The van der Waals surface area contributed by atoms with E-state index in [-0.39, 0.29) is 6.04 Å². The average molecular weight is 314 g/mol. The molecule has 0 radical (unpaired) electrons. The predicted molar refractivity (Wildman–Crippen MR) is 72.0 cm³/mol. The van der Waals surface area contributed by atoms with Gasteiger partial charge >= 0.3 is 0 Å². The molecule has 0 aromatic carbocycles. The molecule has 0 aliphatic rings. The molecule has 3 N–H and O–H groups in total. The Kier molecular flexibility index (Phi) is 4.11. The molecule has 0 spiro atoms. The summed E-state index contributed by atoms with van der Waals surface area (Å²) in [5.41, 5.74) is 3.77. The van der Waals surface area contributed by atoms with Crippen molar-refractivity contribution in [3.8, 4) is 5.75 Å². The summed E-state index contributed by atoms with van der Waals surface area (Å²) < 4.78 is 6.33. The van der Waals surface area contributed by atoms with E-state index in [9.17, 15) is 0 Å². The topological polar surface area (TPSA) is 60.2 Å². The van der Waals surface area contributed by atoms with Crippen molar-refractivity contribution in [2.45, 2.75) is 6.04 Å². The molecule has 1 unspecified atom stereocenters. The fourth-order valence-electron chi connectivity index (χ4n) is 1.62. The van der Waals surface area contributed by atoms with Gasteiger partial charge in [-0.1, -0.05) is 0 Å². The number of hydrazine groups is 1. The molecule has 90 valence electrons. The Hall–Kier alpha value is -0.950. The largest absolute Gasteiger partial charge is 0.495 e. The zero-order valence-electron chi connectivity index (χ0n) is 9.18. The summed E-state index contributed by atoms with van der Waals surface area (Å²) in [5, 5.41) is 2.01. The van der Waals surface area contributed by atoms with Crippen LogP contribution >= 0.6 is 27.3 Å². The van der Waals surface area contributed by atoms with E-state index in [0.717, 1.165) is 20.7 Å². The third-order valence-electron chi connectivity index (χ3n) is 2.42. The van der Waals surface area contributed by atoms with Crippen LogP contribution in [-0.2, 0) is 0 Å². The zero-order valence-corrected chi connectivity index (χ0v) is 11.6. The summed E-state index contributed by atoms with van der Waals surface area (Å²) >= 11 is 5.14. The zero-order chi connectivity index (χ0) is 12.3. The highest BCUT2D eigenvalue weighted by Gasteiger charge is 2.20. The fraction of sp³-hybridized carbons (Fsp3) is 0.182. The van der Waals surface area contributed by atoms with Crippen LogP contribution in [-0.4, -0.2) is 12.1 Å². The van der Waals surface area contributed by atoms with Crippen molar-refractivity contribution < 1.29 is 4.74 Å². The van der Waals surface area contributed by atoms with Crippen LogP contribution in [0.25, 0.3) is 0 Å². The highest BCUT2D eigenvalue weighted by Crippen LogP contribution is 2.35. The Labute approximate surface area is 112 Å². The van der Waals surface area contributed by atoms with E-state index in [0.29, 0.717) is 0 Å². The number of methoxy groups -OCH3 is 1. The summed E-state index contributed by atoms with van der Waals surface area (Å²) in [4.78, 5) is 5.14. The van der Waals surface area contributed by atoms with Gasteiger partial charge in [-0.15, -0.1) is 11.3 Å². The Morgan fingerprint density at radius 2 is 2.35 bits per heavy atom. The smallest absolute Gasteiger partial charge is 0.142 e. The maximum atomic E-state index is 5.65. The summed E-state index contributed by atoms with van der Waals surface area (Å²) in [7, 11) is 1.62. The van der Waals surface area contributed by atoms with Crippen molar-refractivity contribution in [3.63, 3.8) is 0 Å². The van der Waals surface area contributed by atoms with Crippen LogP contribution in [0.15, 0.2) is 34.4 Å². The van der Waals surface area contributed by atoms with Gasteiger partial charge in [0.25, 0.3) is 0 Å². The number of nitrogens with one attached hydrogen (secondary N) is 1. The number of aromatic nitrogens is 1. The van der Waals surface area contributed by atoms with Crippen molar-refractivity contribution in [3.05, 3.63) is 44.8 Å². The number of rotatable bonds is 4. The van der Waals surface area contributed by atoms with Crippen molar-refractivity contribution in [2.75, 3.05) is 7.11 Å². The average Bonchev–Trinajstić information content (AvgIpc) is 2.78. The Morgan fingerprint density at radius 1 is 1.53 bits per heavy atom. The van der Waals surface area contributed by atoms with Gasteiger partial charge in [0.1, 0.15) is 5.75 Å². The lowest BCUT2D eigenvalue weighted by Crippen LogP contribution is -2.28. The number of pyridine rings is 1. The fourth-order valence-corrected chi connectivity index (χ4v) is 3.30. The first-order valence-corrected chi connectivity index (χ1v) is 6.62. The molecule has 0 aliphatic heterocycles. The van der Waals surface area contributed by atoms with Gasteiger partial charge in [-0.25, -0.2) is 5.43 Å². The second-order valence-electron chi connectivity index (χ2n) is 3.35. The number of hydrogen-bond donors (Lipinski definition) is 2. The molecule has 0 bridgehead atoms. The molecule has 1 atom stereocenters. The molecule has 6 heteroatoms. The second kappa shape index (κ2) is 5.59. The number of nitrogens with two attached hydrogens (primary N) is 1. The van der Waals surface area contributed by atoms with Gasteiger partial charge in [-0.3, -0.25) is 10.8 Å². The van der Waals surface area contributed by atoms with E-state index in [4.69, 9.17) is 10.6 Å². The SMILES string of the molecule is COc1cnccc1C(NN)c1sccc1Br. The lowest BCUT2D eigenvalue weighted by molar-refractivity contribution is 0.402. The van der Waals surface area contributed by atoms with Crippen LogP contribution in [0.3, 0.4) is 0 Å². The first-order valence-electron chi connectivity index (χ1n) is 4.94. The van der Waals surface area contributed by atoms with E-state index in [1.807, 2.05) is 17.5 Å². The van der Waals surface area contributed by atoms with Gasteiger partial charge in [-0.05, 0) is 33.4 Å². The number of hydrogen-bond acceptors (Lipinski definition) is 5. The molecule has 2 aromatic heterocycles. The molecule has 4 nitrogen and oxygen atoms in total. The Bertz CT molecular complexity index is 503. The lowest BCUT2D eigenvalue weighted by Gasteiger charge is -2.18. The van der Waals surface area contributed by atoms with Gasteiger partial charge in [0.05, 0.1) is 19.3 Å². The molecule has 0 saturated heterocycles. The van der Waals surface area contributed by atoms with Crippen molar-refractivity contribution >= 4 is 27.3 Å². The van der Waals surface area contributed by atoms with Crippen LogP contribution in [0.1, 0.15) is 16.5 Å². The normalized spacial score (nSPS) is 12.4. The van der Waals surface area contributed by atoms with E-state index in [1.54, 1.807) is 30.8 Å². The van der Waals surface area contributed by atoms with E-state index >= 15 is 0 Å². The van der Waals surface area contributed by atoms with Crippen molar-refractivity contribution in [2.24, 2.45) is 5.84 Å². The summed E-state index contributed by atoms with van der Waals surface area (Å²) in [5.74, 6) is 6.37. The molecule has 0 aliphatic carbocycles. The van der Waals surface area contributed by atoms with Crippen LogP contribution < -0.4 is 16.0 Å². The molecule has 2 rings (SSSR count). The molecule has 0 amide bonds. The number of nitrogens with zero attached hydrogens (tertiary/aromatic N) is 1. The number of thiophene rings is 1. The molecule has 17 heavy (non-hydrogen) atoms. The number of ether oxygens (including phenoxy) is 1. The van der Waals surface area contributed by atoms with E-state index in [1.165, 1.54) is 0 Å². The van der Waals surface area contributed by atoms with Gasteiger partial charge in [0, 0.05) is 21.1 Å². The van der Waals surface area contributed by atoms with Gasteiger partial charge in [0.2, 0.25) is 0 Å². The van der Waals surface area contributed by atoms with Crippen LogP contribution in [0.4, 0.5) is 0 Å². The first kappa shape index (κ1) is 12.5. The molecule has 2 heterocycles. The van der Waals surface area contributed by atoms with Crippen molar-refractivity contribution in [1.29, 1.82) is 0 Å². The minimum atomic E-state index is -0.109. The third-order valence-corrected chi connectivity index (χ3v) is 4.36. The third kappa shape index (κ3) is 2.50. The molecular formula is C11H12BrN3OS. The molecule has 0 fully saturated rings. The van der Waals surface area contributed by atoms with E-state index in [2.05, 4.69) is 26.3 Å². The summed E-state index contributed by atoms with van der Waals surface area (Å²) in [6, 6.07) is 3.79. The summed E-state index contributed by atoms with van der Waals surface area (Å²) in [6.07, 6.45) is 3.41. The highest BCUT2D eigenvalue weighted by atomic mass is 79.9. The molecular weight excluding hydrogens is 302 g/mol. The Balaban J connectivity index is 2.46. The van der Waals surface area contributed by atoms with Crippen LogP contribution in [0.2, 0.25) is 0 Å². The molecule has 0 saturated carbocycles. The van der Waals surface area contributed by atoms with E-state index < -0.39 is 0 Å². The van der Waals surface area contributed by atoms with Gasteiger partial charge < -0.3 is 4.74 Å². The van der Waals surface area contributed by atoms with Crippen LogP contribution in [0, 0.1) is 0 Å². The van der Waals surface area contributed by atoms with Gasteiger partial charge in [-0.2, -0.15) is 0 Å². The monoisotopic (exact) mass is 313 g/mol. The van der Waals surface area contributed by atoms with Gasteiger partial charge in [0.15, 0.2) is 0 Å². The van der Waals surface area contributed by atoms with Crippen LogP contribution in [0.5, 0.6) is 5.75 Å². The Morgan fingerprint density at radius 3 is 2.94 bits per heavy atom. The minimum absolute atomic E-state index is 0.109.